The van der Waals surface area contributed by atoms with Crippen LogP contribution < -0.4 is 10.6 Å². The van der Waals surface area contributed by atoms with Crippen LogP contribution in [0.1, 0.15) is 16.8 Å². The predicted octanol–water partition coefficient (Wildman–Crippen LogP) is 5.30. The number of nitrogens with zero attached hydrogens (tertiary/aromatic N) is 2. The van der Waals surface area contributed by atoms with Crippen LogP contribution in [0.15, 0.2) is 54.6 Å². The van der Waals surface area contributed by atoms with Crippen molar-refractivity contribution in [3.63, 3.8) is 0 Å². The largest absolute Gasteiger partial charge is 0.416 e. The summed E-state index contributed by atoms with van der Waals surface area (Å²) in [6, 6.07) is 12.7. The first-order chi connectivity index (χ1) is 12.8. The second kappa shape index (κ2) is 7.61. The van der Waals surface area contributed by atoms with Crippen molar-refractivity contribution in [2.45, 2.75) is 19.6 Å². The molecule has 4 nitrogen and oxygen atoms in total. The van der Waals surface area contributed by atoms with E-state index >= 15 is 0 Å². The minimum atomic E-state index is -4.39. The van der Waals surface area contributed by atoms with Gasteiger partial charge in [-0.3, -0.25) is 0 Å². The first kappa shape index (κ1) is 18.6. The predicted molar refractivity (Wildman–Crippen MR) is 95.2 cm³/mol. The zero-order chi connectivity index (χ0) is 19.4. The molecule has 0 amide bonds. The van der Waals surface area contributed by atoms with Crippen molar-refractivity contribution in [2.24, 2.45) is 0 Å². The fraction of sp³-hybridized carbons (Fsp3) is 0.158. The molecule has 0 fully saturated rings. The first-order valence-electron chi connectivity index (χ1n) is 8.08. The van der Waals surface area contributed by atoms with E-state index in [1.165, 1.54) is 18.2 Å². The highest BCUT2D eigenvalue weighted by molar-refractivity contribution is 5.56. The molecule has 0 aliphatic carbocycles. The van der Waals surface area contributed by atoms with Crippen molar-refractivity contribution in [1.29, 1.82) is 0 Å². The van der Waals surface area contributed by atoms with Crippen LogP contribution >= 0.6 is 0 Å². The SMILES string of the molecule is Cc1cc(NCc2ccccc2F)nc(Nc2ccc(C(F)(F)F)cc2)n1. The number of halogens is 4. The molecule has 0 aliphatic heterocycles. The average Bonchev–Trinajstić information content (AvgIpc) is 2.60. The molecule has 0 aliphatic rings. The van der Waals surface area contributed by atoms with Gasteiger partial charge in [0.1, 0.15) is 11.6 Å². The van der Waals surface area contributed by atoms with E-state index in [0.29, 0.717) is 22.8 Å². The Hall–Kier alpha value is -3.16. The van der Waals surface area contributed by atoms with Gasteiger partial charge in [0.05, 0.1) is 5.56 Å². The highest BCUT2D eigenvalue weighted by Crippen LogP contribution is 2.30. The molecule has 8 heteroatoms. The van der Waals surface area contributed by atoms with Gasteiger partial charge in [-0.25, -0.2) is 9.37 Å². The summed E-state index contributed by atoms with van der Waals surface area (Å²) < 4.78 is 51.6. The van der Waals surface area contributed by atoms with Crippen molar-refractivity contribution in [3.8, 4) is 0 Å². The number of aromatic nitrogens is 2. The molecule has 1 heterocycles. The van der Waals surface area contributed by atoms with Gasteiger partial charge in [-0.05, 0) is 37.3 Å². The number of nitrogens with one attached hydrogen (secondary N) is 2. The Morgan fingerprint density at radius 1 is 0.963 bits per heavy atom. The summed E-state index contributed by atoms with van der Waals surface area (Å²) >= 11 is 0. The van der Waals surface area contributed by atoms with Crippen molar-refractivity contribution in [2.75, 3.05) is 10.6 Å². The third-order valence-corrected chi connectivity index (χ3v) is 3.74. The van der Waals surface area contributed by atoms with E-state index in [0.717, 1.165) is 12.1 Å². The fourth-order valence-electron chi connectivity index (χ4n) is 2.41. The fourth-order valence-corrected chi connectivity index (χ4v) is 2.41. The number of anilines is 3. The molecule has 0 atom stereocenters. The molecule has 0 bridgehead atoms. The van der Waals surface area contributed by atoms with E-state index in [1.54, 1.807) is 31.2 Å². The van der Waals surface area contributed by atoms with Crippen molar-refractivity contribution in [1.82, 2.24) is 9.97 Å². The van der Waals surface area contributed by atoms with Crippen LogP contribution in [0.5, 0.6) is 0 Å². The highest BCUT2D eigenvalue weighted by Gasteiger charge is 2.29. The summed E-state index contributed by atoms with van der Waals surface area (Å²) in [6.45, 7) is 2.00. The zero-order valence-corrected chi connectivity index (χ0v) is 14.3. The third-order valence-electron chi connectivity index (χ3n) is 3.74. The second-order valence-corrected chi connectivity index (χ2v) is 5.86. The minimum absolute atomic E-state index is 0.228. The second-order valence-electron chi connectivity index (χ2n) is 5.86. The zero-order valence-electron chi connectivity index (χ0n) is 14.3. The molecule has 2 aromatic carbocycles. The Bertz CT molecular complexity index is 924. The van der Waals surface area contributed by atoms with Gasteiger partial charge in [0, 0.05) is 29.6 Å². The van der Waals surface area contributed by atoms with Gasteiger partial charge in [0.25, 0.3) is 0 Å². The lowest BCUT2D eigenvalue weighted by molar-refractivity contribution is -0.137. The number of hydrogen-bond donors (Lipinski definition) is 2. The van der Waals surface area contributed by atoms with Gasteiger partial charge >= 0.3 is 6.18 Å². The highest BCUT2D eigenvalue weighted by atomic mass is 19.4. The number of alkyl halides is 3. The van der Waals surface area contributed by atoms with Gasteiger partial charge in [0.2, 0.25) is 5.95 Å². The van der Waals surface area contributed by atoms with Crippen molar-refractivity contribution in [3.05, 3.63) is 77.2 Å². The number of aryl methyl sites for hydroxylation is 1. The van der Waals surface area contributed by atoms with Crippen LogP contribution in [0.4, 0.5) is 35.0 Å². The Balaban J connectivity index is 1.72. The molecule has 3 rings (SSSR count). The van der Waals surface area contributed by atoms with Crippen LogP contribution in [-0.4, -0.2) is 9.97 Å². The van der Waals surface area contributed by atoms with Crippen LogP contribution in [0.2, 0.25) is 0 Å². The maximum Gasteiger partial charge on any atom is 0.416 e. The summed E-state index contributed by atoms with van der Waals surface area (Å²) in [5.41, 5.74) is 0.834. The number of rotatable bonds is 5. The van der Waals surface area contributed by atoms with Gasteiger partial charge < -0.3 is 10.6 Å². The lowest BCUT2D eigenvalue weighted by Gasteiger charge is -2.11. The van der Waals surface area contributed by atoms with E-state index in [1.807, 2.05) is 0 Å². The summed E-state index contributed by atoms with van der Waals surface area (Å²) in [7, 11) is 0. The van der Waals surface area contributed by atoms with Crippen molar-refractivity contribution < 1.29 is 17.6 Å². The Kier molecular flexibility index (Phi) is 5.25. The lowest BCUT2D eigenvalue weighted by atomic mass is 10.2. The molecule has 140 valence electrons. The molecule has 3 aromatic rings. The standard InChI is InChI=1S/C19H16F4N4/c1-12-10-17(24-11-13-4-2-3-5-16(13)20)27-18(25-12)26-15-8-6-14(7-9-15)19(21,22)23/h2-10H,11H2,1H3,(H2,24,25,26,27). The summed E-state index contributed by atoms with van der Waals surface area (Å²) in [4.78, 5) is 8.48. The minimum Gasteiger partial charge on any atom is -0.366 e. The number of benzene rings is 2. The Labute approximate surface area is 153 Å². The molecule has 0 unspecified atom stereocenters. The van der Waals surface area contributed by atoms with Gasteiger partial charge in [-0.15, -0.1) is 0 Å². The summed E-state index contributed by atoms with van der Waals surface area (Å²) in [5, 5.41) is 5.89. The van der Waals surface area contributed by atoms with Crippen LogP contribution in [0.25, 0.3) is 0 Å². The molecule has 0 spiro atoms. The van der Waals surface area contributed by atoms with E-state index in [2.05, 4.69) is 20.6 Å². The van der Waals surface area contributed by atoms with Crippen LogP contribution in [0, 0.1) is 12.7 Å². The molecule has 2 N–H and O–H groups in total. The smallest absolute Gasteiger partial charge is 0.366 e. The van der Waals surface area contributed by atoms with Gasteiger partial charge in [-0.2, -0.15) is 18.2 Å². The lowest BCUT2D eigenvalue weighted by Crippen LogP contribution is -2.07. The van der Waals surface area contributed by atoms with Gasteiger partial charge in [-0.1, -0.05) is 18.2 Å². The normalized spacial score (nSPS) is 11.3. The molecule has 0 radical (unpaired) electrons. The maximum atomic E-state index is 13.7. The summed E-state index contributed by atoms with van der Waals surface area (Å²) in [5.74, 6) is 0.379. The quantitative estimate of drug-likeness (QED) is 0.594. The molecular weight excluding hydrogens is 360 g/mol. The van der Waals surface area contributed by atoms with Crippen LogP contribution in [-0.2, 0) is 12.7 Å². The topological polar surface area (TPSA) is 49.8 Å². The van der Waals surface area contributed by atoms with E-state index < -0.39 is 11.7 Å². The Morgan fingerprint density at radius 3 is 2.33 bits per heavy atom. The van der Waals surface area contributed by atoms with E-state index in [-0.39, 0.29) is 18.3 Å². The Morgan fingerprint density at radius 2 is 1.67 bits per heavy atom. The van der Waals surface area contributed by atoms with E-state index in [9.17, 15) is 17.6 Å². The van der Waals surface area contributed by atoms with Crippen molar-refractivity contribution >= 4 is 17.5 Å². The first-order valence-corrected chi connectivity index (χ1v) is 8.08. The summed E-state index contributed by atoms with van der Waals surface area (Å²) in [6.07, 6.45) is -4.39. The van der Waals surface area contributed by atoms with Crippen LogP contribution in [0.3, 0.4) is 0 Å². The van der Waals surface area contributed by atoms with E-state index in [4.69, 9.17) is 0 Å². The molecular formula is C19H16F4N4. The number of hydrogen-bond acceptors (Lipinski definition) is 4. The average molecular weight is 376 g/mol. The molecule has 27 heavy (non-hydrogen) atoms. The van der Waals surface area contributed by atoms with Gasteiger partial charge in [0.15, 0.2) is 0 Å². The maximum absolute atomic E-state index is 13.7. The molecule has 0 saturated heterocycles. The third kappa shape index (κ3) is 4.93. The monoisotopic (exact) mass is 376 g/mol. The molecule has 1 aromatic heterocycles. The molecule has 0 saturated carbocycles.